The molecule has 1 saturated heterocycles. The van der Waals surface area contributed by atoms with Crippen LogP contribution in [0, 0.1) is 0 Å². The van der Waals surface area contributed by atoms with E-state index in [1.165, 1.54) is 0 Å². The number of carbonyl (C=O) groups excluding carboxylic acids is 1. The number of hydrogen-bond donors (Lipinski definition) is 3. The van der Waals surface area contributed by atoms with E-state index in [1.807, 2.05) is 0 Å². The van der Waals surface area contributed by atoms with Crippen LogP contribution in [0.25, 0.3) is 0 Å². The Bertz CT molecular complexity index is 345. The maximum absolute atomic E-state index is 12.1. The molecule has 6 heteroatoms. The van der Waals surface area contributed by atoms with Gasteiger partial charge in [-0.05, 0) is 12.8 Å². The first kappa shape index (κ1) is 15.3. The van der Waals surface area contributed by atoms with Crippen molar-refractivity contribution in [1.82, 2.24) is 10.6 Å². The molecule has 2 fully saturated rings. The number of carboxylic acids is 1. The Morgan fingerprint density at radius 3 is 2.50 bits per heavy atom. The van der Waals surface area contributed by atoms with Crippen molar-refractivity contribution in [2.45, 2.75) is 56.5 Å². The number of rotatable bonds is 4. The zero-order chi connectivity index (χ0) is 14.4. The monoisotopic (exact) mass is 284 g/mol. The van der Waals surface area contributed by atoms with E-state index in [0.29, 0.717) is 26.1 Å². The number of morpholine rings is 1. The molecule has 0 radical (unpaired) electrons. The largest absolute Gasteiger partial charge is 0.480 e. The molecule has 1 atom stereocenters. The summed E-state index contributed by atoms with van der Waals surface area (Å²) >= 11 is 0. The van der Waals surface area contributed by atoms with Crippen molar-refractivity contribution in [3.05, 3.63) is 0 Å². The van der Waals surface area contributed by atoms with Gasteiger partial charge in [-0.2, -0.15) is 0 Å². The van der Waals surface area contributed by atoms with Gasteiger partial charge in [-0.3, -0.25) is 4.79 Å². The molecule has 114 valence electrons. The van der Waals surface area contributed by atoms with Crippen LogP contribution >= 0.6 is 0 Å². The van der Waals surface area contributed by atoms with Crippen molar-refractivity contribution in [1.29, 1.82) is 0 Å². The fourth-order valence-electron chi connectivity index (χ4n) is 3.02. The van der Waals surface area contributed by atoms with E-state index in [0.717, 1.165) is 32.2 Å². The lowest BCUT2D eigenvalue weighted by molar-refractivity contribution is -0.148. The molecule has 1 heterocycles. The van der Waals surface area contributed by atoms with Gasteiger partial charge in [-0.1, -0.05) is 25.7 Å². The van der Waals surface area contributed by atoms with E-state index in [9.17, 15) is 14.7 Å². The minimum atomic E-state index is -1.07. The maximum Gasteiger partial charge on any atom is 0.329 e. The first-order valence-electron chi connectivity index (χ1n) is 7.48. The van der Waals surface area contributed by atoms with Crippen LogP contribution in [-0.4, -0.2) is 48.3 Å². The zero-order valence-corrected chi connectivity index (χ0v) is 11.8. The van der Waals surface area contributed by atoms with Crippen molar-refractivity contribution in [3.8, 4) is 0 Å². The summed E-state index contributed by atoms with van der Waals surface area (Å²) in [5.41, 5.74) is -1.07. The summed E-state index contributed by atoms with van der Waals surface area (Å²) in [5, 5.41) is 15.5. The van der Waals surface area contributed by atoms with Gasteiger partial charge in [0, 0.05) is 19.0 Å². The number of hydrogen-bond acceptors (Lipinski definition) is 4. The van der Waals surface area contributed by atoms with Gasteiger partial charge in [0.1, 0.15) is 5.54 Å². The van der Waals surface area contributed by atoms with E-state index >= 15 is 0 Å². The Labute approximate surface area is 119 Å². The van der Waals surface area contributed by atoms with E-state index in [-0.39, 0.29) is 18.4 Å². The average molecular weight is 284 g/mol. The molecule has 0 aromatic carbocycles. The van der Waals surface area contributed by atoms with E-state index in [4.69, 9.17) is 4.74 Å². The Kier molecular flexibility index (Phi) is 5.37. The number of ether oxygens (including phenoxy) is 1. The summed E-state index contributed by atoms with van der Waals surface area (Å²) in [5.74, 6) is -1.10. The Hall–Kier alpha value is -1.14. The zero-order valence-electron chi connectivity index (χ0n) is 11.8. The highest BCUT2D eigenvalue weighted by Gasteiger charge is 2.40. The lowest BCUT2D eigenvalue weighted by Gasteiger charge is -2.31. The normalized spacial score (nSPS) is 26.5. The minimum absolute atomic E-state index is 0.0135. The van der Waals surface area contributed by atoms with Gasteiger partial charge in [0.05, 0.1) is 13.2 Å². The van der Waals surface area contributed by atoms with Crippen LogP contribution in [-0.2, 0) is 14.3 Å². The predicted octanol–water partition coefficient (Wildman–Crippen LogP) is 0.659. The van der Waals surface area contributed by atoms with Crippen molar-refractivity contribution in [3.63, 3.8) is 0 Å². The molecule has 0 aromatic heterocycles. The van der Waals surface area contributed by atoms with Crippen molar-refractivity contribution >= 4 is 11.9 Å². The molecule has 0 aromatic rings. The van der Waals surface area contributed by atoms with Crippen molar-refractivity contribution < 1.29 is 19.4 Å². The van der Waals surface area contributed by atoms with Crippen LogP contribution in [0.5, 0.6) is 0 Å². The molecule has 1 amide bonds. The number of carbonyl (C=O) groups is 2. The fourth-order valence-corrected chi connectivity index (χ4v) is 3.02. The van der Waals surface area contributed by atoms with Crippen LogP contribution in [0.2, 0.25) is 0 Å². The molecule has 3 N–H and O–H groups in total. The number of nitrogens with one attached hydrogen (secondary N) is 2. The molecule has 20 heavy (non-hydrogen) atoms. The maximum atomic E-state index is 12.1. The highest BCUT2D eigenvalue weighted by Crippen LogP contribution is 2.27. The van der Waals surface area contributed by atoms with Gasteiger partial charge in [0.2, 0.25) is 5.91 Å². The Balaban J connectivity index is 1.92. The molecule has 1 unspecified atom stereocenters. The molecule has 1 aliphatic carbocycles. The molecule has 6 nitrogen and oxygen atoms in total. The molecule has 2 aliphatic rings. The van der Waals surface area contributed by atoms with E-state index < -0.39 is 11.5 Å². The molecular formula is C14H24N2O4. The summed E-state index contributed by atoms with van der Waals surface area (Å²) in [7, 11) is 0. The second-order valence-corrected chi connectivity index (χ2v) is 5.78. The van der Waals surface area contributed by atoms with E-state index in [1.54, 1.807) is 0 Å². The number of amides is 1. The number of aliphatic carboxylic acids is 1. The highest BCUT2D eigenvalue weighted by molar-refractivity contribution is 5.87. The minimum Gasteiger partial charge on any atom is -0.480 e. The first-order valence-corrected chi connectivity index (χ1v) is 7.48. The van der Waals surface area contributed by atoms with Gasteiger partial charge in [-0.25, -0.2) is 4.79 Å². The predicted molar refractivity (Wildman–Crippen MR) is 73.4 cm³/mol. The third kappa shape index (κ3) is 3.93. The summed E-state index contributed by atoms with van der Waals surface area (Å²) in [6.45, 7) is 1.91. The van der Waals surface area contributed by atoms with Crippen molar-refractivity contribution in [2.24, 2.45) is 0 Å². The SMILES string of the molecule is O=C(CC1COCCN1)NC1(C(=O)O)CCCCCC1. The van der Waals surface area contributed by atoms with Crippen molar-refractivity contribution in [2.75, 3.05) is 19.8 Å². The lowest BCUT2D eigenvalue weighted by Crippen LogP contribution is -2.55. The smallest absolute Gasteiger partial charge is 0.329 e. The van der Waals surface area contributed by atoms with Crippen LogP contribution in [0.1, 0.15) is 44.9 Å². The molecular weight excluding hydrogens is 260 g/mol. The first-order chi connectivity index (χ1) is 9.62. The average Bonchev–Trinajstić information content (AvgIpc) is 2.66. The summed E-state index contributed by atoms with van der Waals surface area (Å²) in [6.07, 6.45) is 5.14. The molecule has 0 bridgehead atoms. The molecule has 1 saturated carbocycles. The summed E-state index contributed by atoms with van der Waals surface area (Å²) < 4.78 is 5.31. The van der Waals surface area contributed by atoms with Gasteiger partial charge >= 0.3 is 5.97 Å². The van der Waals surface area contributed by atoms with Crippen LogP contribution in [0.4, 0.5) is 0 Å². The molecule has 2 rings (SSSR count). The second kappa shape index (κ2) is 7.04. The second-order valence-electron chi connectivity index (χ2n) is 5.78. The highest BCUT2D eigenvalue weighted by atomic mass is 16.5. The van der Waals surface area contributed by atoms with Crippen LogP contribution in [0.3, 0.4) is 0 Å². The molecule has 1 aliphatic heterocycles. The quantitative estimate of drug-likeness (QED) is 0.660. The Morgan fingerprint density at radius 1 is 1.25 bits per heavy atom. The topological polar surface area (TPSA) is 87.7 Å². The van der Waals surface area contributed by atoms with Gasteiger partial charge in [0.15, 0.2) is 0 Å². The third-order valence-corrected chi connectivity index (χ3v) is 4.18. The Morgan fingerprint density at radius 2 is 1.95 bits per heavy atom. The van der Waals surface area contributed by atoms with Crippen LogP contribution in [0.15, 0.2) is 0 Å². The van der Waals surface area contributed by atoms with E-state index in [2.05, 4.69) is 10.6 Å². The summed E-state index contributed by atoms with van der Waals surface area (Å²) in [6, 6.07) is -0.0135. The number of carboxylic acid groups (broad SMARTS) is 1. The van der Waals surface area contributed by atoms with Crippen LogP contribution < -0.4 is 10.6 Å². The van der Waals surface area contributed by atoms with Gasteiger partial charge in [-0.15, -0.1) is 0 Å². The summed E-state index contributed by atoms with van der Waals surface area (Å²) in [4.78, 5) is 23.7. The third-order valence-electron chi connectivity index (χ3n) is 4.18. The standard InChI is InChI=1S/C14H24N2O4/c17-12(9-11-10-20-8-7-15-11)16-14(13(18)19)5-3-1-2-4-6-14/h11,15H,1-10H2,(H,16,17)(H,18,19). The van der Waals surface area contributed by atoms with Gasteiger partial charge < -0.3 is 20.5 Å². The fraction of sp³-hybridized carbons (Fsp3) is 0.857. The van der Waals surface area contributed by atoms with Gasteiger partial charge in [0.25, 0.3) is 0 Å². The molecule has 0 spiro atoms. The lowest BCUT2D eigenvalue weighted by atomic mass is 9.90.